The van der Waals surface area contributed by atoms with Crippen LogP contribution in [0.5, 0.6) is 0 Å². The number of halogens is 1. The highest BCUT2D eigenvalue weighted by Crippen LogP contribution is 2.22. The summed E-state index contributed by atoms with van der Waals surface area (Å²) in [4.78, 5) is 28.4. The Morgan fingerprint density at radius 3 is 2.36 bits per heavy atom. The van der Waals surface area contributed by atoms with Crippen LogP contribution in [0, 0.1) is 5.82 Å². The minimum Gasteiger partial charge on any atom is -0.346 e. The number of rotatable bonds is 5. The van der Waals surface area contributed by atoms with Crippen molar-refractivity contribution in [3.05, 3.63) is 35.6 Å². The Labute approximate surface area is 147 Å². The third kappa shape index (κ3) is 4.99. The van der Waals surface area contributed by atoms with Crippen LogP contribution in [0.1, 0.15) is 24.4 Å². The fraction of sp³-hybridized carbons (Fsp3) is 0.556. The molecule has 1 aliphatic carbocycles. The number of carbonyl (C=O) groups excluding carboxylic acids is 2. The van der Waals surface area contributed by atoms with E-state index in [1.165, 1.54) is 12.1 Å². The first-order valence-electron chi connectivity index (χ1n) is 8.79. The molecular weight excluding hydrogens is 323 g/mol. The summed E-state index contributed by atoms with van der Waals surface area (Å²) < 4.78 is 13.2. The van der Waals surface area contributed by atoms with Gasteiger partial charge in [0.2, 0.25) is 0 Å². The maximum absolute atomic E-state index is 13.2. The summed E-state index contributed by atoms with van der Waals surface area (Å²) in [7, 11) is 2.08. The predicted octanol–water partition coefficient (Wildman–Crippen LogP) is 0.509. The first-order chi connectivity index (χ1) is 12.0. The molecule has 2 N–H and O–H groups in total. The maximum atomic E-state index is 13.2. The molecule has 1 atom stereocenters. The van der Waals surface area contributed by atoms with Crippen molar-refractivity contribution in [2.45, 2.75) is 24.9 Å². The lowest BCUT2D eigenvalue weighted by Crippen LogP contribution is -2.49. The fourth-order valence-electron chi connectivity index (χ4n) is 3.02. The van der Waals surface area contributed by atoms with Crippen molar-refractivity contribution >= 4 is 11.8 Å². The Morgan fingerprint density at radius 1 is 1.12 bits per heavy atom. The third-order valence-corrected chi connectivity index (χ3v) is 4.81. The number of carbonyl (C=O) groups is 2. The molecule has 1 heterocycles. The van der Waals surface area contributed by atoms with Gasteiger partial charge in [-0.3, -0.25) is 14.5 Å². The van der Waals surface area contributed by atoms with Crippen molar-refractivity contribution in [2.24, 2.45) is 0 Å². The van der Waals surface area contributed by atoms with Gasteiger partial charge in [0, 0.05) is 38.8 Å². The van der Waals surface area contributed by atoms with Crippen molar-refractivity contribution in [2.75, 3.05) is 39.8 Å². The van der Waals surface area contributed by atoms with E-state index in [1.807, 2.05) is 0 Å². The van der Waals surface area contributed by atoms with E-state index in [0.717, 1.165) is 44.6 Å². The largest absolute Gasteiger partial charge is 0.346 e. The summed E-state index contributed by atoms with van der Waals surface area (Å²) in [5, 5.41) is 5.43. The molecule has 2 fully saturated rings. The Hall–Kier alpha value is -1.99. The van der Waals surface area contributed by atoms with Crippen LogP contribution in [0.2, 0.25) is 0 Å². The number of nitrogens with one attached hydrogen (secondary N) is 2. The van der Waals surface area contributed by atoms with Gasteiger partial charge in [0.15, 0.2) is 0 Å². The lowest BCUT2D eigenvalue weighted by Gasteiger charge is -2.38. The normalized spacial score (nSPS) is 20.1. The number of likely N-dealkylation sites (N-methyl/N-ethyl adjacent to an activating group) is 1. The maximum Gasteiger partial charge on any atom is 0.309 e. The highest BCUT2D eigenvalue weighted by Gasteiger charge is 2.28. The molecule has 3 rings (SSSR count). The van der Waals surface area contributed by atoms with Gasteiger partial charge in [-0.05, 0) is 37.6 Å². The number of hydrogen-bond donors (Lipinski definition) is 2. The van der Waals surface area contributed by atoms with Gasteiger partial charge in [0.05, 0.1) is 6.04 Å². The summed E-state index contributed by atoms with van der Waals surface area (Å²) in [6, 6.07) is 6.43. The van der Waals surface area contributed by atoms with Crippen LogP contribution in [0.3, 0.4) is 0 Å². The zero-order valence-electron chi connectivity index (χ0n) is 14.5. The predicted molar refractivity (Wildman–Crippen MR) is 92.4 cm³/mol. The van der Waals surface area contributed by atoms with E-state index < -0.39 is 11.8 Å². The highest BCUT2D eigenvalue weighted by atomic mass is 19.1. The minimum atomic E-state index is -0.604. The number of nitrogens with zero attached hydrogens (tertiary/aromatic N) is 2. The van der Waals surface area contributed by atoms with Gasteiger partial charge in [0.1, 0.15) is 5.82 Å². The van der Waals surface area contributed by atoms with E-state index in [-0.39, 0.29) is 17.9 Å². The Kier molecular flexibility index (Phi) is 5.65. The van der Waals surface area contributed by atoms with E-state index in [0.29, 0.717) is 6.54 Å². The second kappa shape index (κ2) is 7.93. The Balaban J connectivity index is 1.64. The van der Waals surface area contributed by atoms with Gasteiger partial charge in [0.25, 0.3) is 0 Å². The molecule has 0 radical (unpaired) electrons. The Morgan fingerprint density at radius 2 is 1.76 bits per heavy atom. The highest BCUT2D eigenvalue weighted by molar-refractivity contribution is 6.35. The van der Waals surface area contributed by atoms with E-state index in [4.69, 9.17) is 0 Å². The molecule has 136 valence electrons. The molecule has 0 aromatic heterocycles. The van der Waals surface area contributed by atoms with Gasteiger partial charge in [-0.1, -0.05) is 12.1 Å². The number of benzene rings is 1. The summed E-state index contributed by atoms with van der Waals surface area (Å²) in [5.41, 5.74) is 0.939. The van der Waals surface area contributed by atoms with E-state index in [1.54, 1.807) is 12.1 Å². The lowest BCUT2D eigenvalue weighted by atomic mass is 10.0. The lowest BCUT2D eigenvalue weighted by molar-refractivity contribution is -0.139. The van der Waals surface area contributed by atoms with Crippen LogP contribution in [-0.2, 0) is 9.59 Å². The van der Waals surface area contributed by atoms with Crippen molar-refractivity contribution in [1.82, 2.24) is 20.4 Å². The molecule has 1 saturated carbocycles. The standard InChI is InChI=1S/C18H25FN4O2/c1-22-8-10-23(11-9-22)16(13-2-4-14(19)5-3-13)12-20-17(24)18(25)21-15-6-7-15/h2-5,15-16H,6-12H2,1H3,(H,20,24)(H,21,25). The van der Waals surface area contributed by atoms with Crippen LogP contribution in [0.4, 0.5) is 4.39 Å². The smallest absolute Gasteiger partial charge is 0.309 e. The van der Waals surface area contributed by atoms with Crippen molar-refractivity contribution < 1.29 is 14.0 Å². The molecule has 2 amide bonds. The molecule has 0 bridgehead atoms. The van der Waals surface area contributed by atoms with Crippen LogP contribution in [0.25, 0.3) is 0 Å². The summed E-state index contributed by atoms with van der Waals surface area (Å²) >= 11 is 0. The van der Waals surface area contributed by atoms with Crippen molar-refractivity contribution in [3.63, 3.8) is 0 Å². The van der Waals surface area contributed by atoms with Gasteiger partial charge in [-0.2, -0.15) is 0 Å². The third-order valence-electron chi connectivity index (χ3n) is 4.81. The first kappa shape index (κ1) is 17.8. The first-order valence-corrected chi connectivity index (χ1v) is 8.79. The van der Waals surface area contributed by atoms with E-state index in [9.17, 15) is 14.0 Å². The van der Waals surface area contributed by atoms with Crippen LogP contribution >= 0.6 is 0 Å². The van der Waals surface area contributed by atoms with Crippen molar-refractivity contribution in [3.8, 4) is 0 Å². The molecule has 25 heavy (non-hydrogen) atoms. The number of piperazine rings is 1. The molecule has 6 nitrogen and oxygen atoms in total. The van der Waals surface area contributed by atoms with E-state index >= 15 is 0 Å². The van der Waals surface area contributed by atoms with Gasteiger partial charge in [-0.25, -0.2) is 4.39 Å². The van der Waals surface area contributed by atoms with E-state index in [2.05, 4.69) is 27.5 Å². The molecule has 1 aliphatic heterocycles. The van der Waals surface area contributed by atoms with Crippen LogP contribution < -0.4 is 10.6 Å². The fourth-order valence-corrected chi connectivity index (χ4v) is 3.02. The summed E-state index contributed by atoms with van der Waals surface area (Å²) in [6.45, 7) is 3.93. The molecule has 1 saturated heterocycles. The SMILES string of the molecule is CN1CCN(C(CNC(=O)C(=O)NC2CC2)c2ccc(F)cc2)CC1. The molecule has 2 aliphatic rings. The average Bonchev–Trinajstić information content (AvgIpc) is 3.41. The Bertz CT molecular complexity index is 610. The van der Waals surface area contributed by atoms with Gasteiger partial charge >= 0.3 is 11.8 Å². The number of amides is 2. The number of hydrogen-bond acceptors (Lipinski definition) is 4. The molecule has 0 spiro atoms. The molecule has 1 aromatic carbocycles. The topological polar surface area (TPSA) is 64.7 Å². The molecule has 7 heteroatoms. The zero-order chi connectivity index (χ0) is 17.8. The van der Waals surface area contributed by atoms with Crippen molar-refractivity contribution in [1.29, 1.82) is 0 Å². The molecular formula is C18H25FN4O2. The van der Waals surface area contributed by atoms with Gasteiger partial charge in [-0.15, -0.1) is 0 Å². The minimum absolute atomic E-state index is 0.0769. The molecule has 1 aromatic rings. The van der Waals surface area contributed by atoms with Crippen LogP contribution in [-0.4, -0.2) is 67.4 Å². The quantitative estimate of drug-likeness (QED) is 0.761. The van der Waals surface area contributed by atoms with Crippen LogP contribution in [0.15, 0.2) is 24.3 Å². The second-order valence-corrected chi connectivity index (χ2v) is 6.86. The monoisotopic (exact) mass is 348 g/mol. The van der Waals surface area contributed by atoms with Gasteiger partial charge < -0.3 is 15.5 Å². The second-order valence-electron chi connectivity index (χ2n) is 6.86. The zero-order valence-corrected chi connectivity index (χ0v) is 14.5. The summed E-state index contributed by atoms with van der Waals surface area (Å²) in [6.07, 6.45) is 1.89. The molecule has 1 unspecified atom stereocenters. The average molecular weight is 348 g/mol. The summed E-state index contributed by atoms with van der Waals surface area (Å²) in [5.74, 6) is -1.46.